The Labute approximate surface area is 148 Å². The Hall–Kier alpha value is -2.17. The van der Waals surface area contributed by atoms with Crippen molar-refractivity contribution in [2.45, 2.75) is 39.8 Å². The number of rotatable bonds is 3. The molecule has 2 aromatic carbocycles. The molecule has 25 heavy (non-hydrogen) atoms. The molecule has 0 radical (unpaired) electrons. The van der Waals surface area contributed by atoms with Crippen LogP contribution in [0, 0.1) is 20.8 Å². The first-order valence-corrected chi connectivity index (χ1v) is 8.64. The number of carbonyl (C=O) groups excluding carboxylic acids is 1. The van der Waals surface area contributed by atoms with E-state index in [9.17, 15) is 9.90 Å². The molecule has 0 fully saturated rings. The number of aliphatic hydroxyl groups is 1. The van der Waals surface area contributed by atoms with E-state index in [2.05, 4.69) is 24.4 Å². The summed E-state index contributed by atoms with van der Waals surface area (Å²) in [5.41, 5.74) is 8.44. The summed E-state index contributed by atoms with van der Waals surface area (Å²) in [5, 5.41) is 14.1. The third-order valence-corrected chi connectivity index (χ3v) is 5.21. The molecule has 1 heterocycles. The molecule has 0 aliphatic carbocycles. The summed E-state index contributed by atoms with van der Waals surface area (Å²) >= 11 is 0. The third kappa shape index (κ3) is 3.08. The SMILES string of the molecule is COC(=O)C(O)c1c(C)c2c(c(C)c1-c1ccc(C)cc1)CNCC2. The van der Waals surface area contributed by atoms with E-state index in [4.69, 9.17) is 4.74 Å². The normalized spacial score (nSPS) is 14.8. The molecule has 0 saturated carbocycles. The predicted molar refractivity (Wildman–Crippen MR) is 98.5 cm³/mol. The van der Waals surface area contributed by atoms with Gasteiger partial charge in [-0.2, -0.15) is 0 Å². The standard InChI is InChI=1S/C21H25NO3/c1-12-5-7-15(8-6-12)18-14(3)17-11-22-10-9-16(17)13(2)19(18)20(23)21(24)25-4/h5-8,20,22-23H,9-11H2,1-4H3. The highest BCUT2D eigenvalue weighted by atomic mass is 16.5. The van der Waals surface area contributed by atoms with Gasteiger partial charge in [0.25, 0.3) is 0 Å². The Kier molecular flexibility index (Phi) is 4.93. The lowest BCUT2D eigenvalue weighted by Gasteiger charge is -2.28. The van der Waals surface area contributed by atoms with Crippen LogP contribution in [0.1, 0.15) is 39.5 Å². The van der Waals surface area contributed by atoms with Crippen molar-refractivity contribution in [3.8, 4) is 11.1 Å². The van der Waals surface area contributed by atoms with Crippen LogP contribution >= 0.6 is 0 Å². The van der Waals surface area contributed by atoms with Crippen molar-refractivity contribution >= 4 is 5.97 Å². The minimum Gasteiger partial charge on any atom is -0.467 e. The van der Waals surface area contributed by atoms with Crippen molar-refractivity contribution in [1.29, 1.82) is 0 Å². The number of fused-ring (bicyclic) bond motifs is 1. The van der Waals surface area contributed by atoms with Gasteiger partial charge in [-0.15, -0.1) is 0 Å². The van der Waals surface area contributed by atoms with E-state index in [-0.39, 0.29) is 0 Å². The highest BCUT2D eigenvalue weighted by Crippen LogP contribution is 2.39. The summed E-state index contributed by atoms with van der Waals surface area (Å²) in [6.07, 6.45) is -0.378. The number of esters is 1. The Morgan fingerprint density at radius 3 is 2.44 bits per heavy atom. The zero-order valence-corrected chi connectivity index (χ0v) is 15.3. The maximum absolute atomic E-state index is 12.1. The van der Waals surface area contributed by atoms with Gasteiger partial charge in [0.1, 0.15) is 0 Å². The molecule has 4 nitrogen and oxygen atoms in total. The van der Waals surface area contributed by atoms with Crippen LogP contribution in [0.15, 0.2) is 24.3 Å². The smallest absolute Gasteiger partial charge is 0.339 e. The number of benzene rings is 2. The molecule has 2 N–H and O–H groups in total. The third-order valence-electron chi connectivity index (χ3n) is 5.21. The van der Waals surface area contributed by atoms with Gasteiger partial charge in [0.15, 0.2) is 6.10 Å². The minimum atomic E-state index is -1.28. The van der Waals surface area contributed by atoms with Gasteiger partial charge in [-0.1, -0.05) is 29.8 Å². The highest BCUT2D eigenvalue weighted by molar-refractivity contribution is 5.84. The lowest BCUT2D eigenvalue weighted by atomic mass is 9.80. The number of aliphatic hydroxyl groups excluding tert-OH is 1. The number of hydrogen-bond acceptors (Lipinski definition) is 4. The van der Waals surface area contributed by atoms with Gasteiger partial charge in [-0.25, -0.2) is 4.79 Å². The first-order valence-electron chi connectivity index (χ1n) is 8.64. The first kappa shape index (κ1) is 17.6. The molecule has 4 heteroatoms. The minimum absolute atomic E-state index is 0.621. The number of methoxy groups -OCH3 is 1. The fourth-order valence-corrected chi connectivity index (χ4v) is 3.82. The highest BCUT2D eigenvalue weighted by Gasteiger charge is 2.29. The van der Waals surface area contributed by atoms with E-state index in [1.54, 1.807) is 0 Å². The molecular formula is C21H25NO3. The Morgan fingerprint density at radius 1 is 1.12 bits per heavy atom. The summed E-state index contributed by atoms with van der Waals surface area (Å²) in [6.45, 7) is 7.85. The van der Waals surface area contributed by atoms with Crippen molar-refractivity contribution in [3.63, 3.8) is 0 Å². The number of ether oxygens (including phenoxy) is 1. The lowest BCUT2D eigenvalue weighted by molar-refractivity contribution is -0.150. The van der Waals surface area contributed by atoms with Gasteiger partial charge in [0.2, 0.25) is 0 Å². The van der Waals surface area contributed by atoms with Gasteiger partial charge >= 0.3 is 5.97 Å². The Balaban J connectivity index is 2.32. The van der Waals surface area contributed by atoms with Crippen molar-refractivity contribution in [3.05, 3.63) is 57.6 Å². The molecule has 1 aliphatic heterocycles. The average Bonchev–Trinajstić information content (AvgIpc) is 2.64. The predicted octanol–water partition coefficient (Wildman–Crippen LogP) is 3.13. The summed E-state index contributed by atoms with van der Waals surface area (Å²) < 4.78 is 4.81. The van der Waals surface area contributed by atoms with E-state index in [0.717, 1.165) is 41.8 Å². The maximum Gasteiger partial charge on any atom is 0.339 e. The number of carbonyl (C=O) groups is 1. The number of nitrogens with one attached hydrogen (secondary N) is 1. The van der Waals surface area contributed by atoms with Gasteiger partial charge in [0.05, 0.1) is 7.11 Å². The monoisotopic (exact) mass is 339 g/mol. The van der Waals surface area contributed by atoms with Crippen LogP contribution in [0.5, 0.6) is 0 Å². The average molecular weight is 339 g/mol. The van der Waals surface area contributed by atoms with Crippen molar-refractivity contribution in [1.82, 2.24) is 5.32 Å². The van der Waals surface area contributed by atoms with Crippen LogP contribution in [0.3, 0.4) is 0 Å². The largest absolute Gasteiger partial charge is 0.467 e. The van der Waals surface area contributed by atoms with Crippen LogP contribution in [-0.4, -0.2) is 24.7 Å². The van der Waals surface area contributed by atoms with E-state index in [1.807, 2.05) is 26.0 Å². The number of hydrogen-bond donors (Lipinski definition) is 2. The van der Waals surface area contributed by atoms with Crippen LogP contribution in [0.2, 0.25) is 0 Å². The van der Waals surface area contributed by atoms with E-state index < -0.39 is 12.1 Å². The van der Waals surface area contributed by atoms with E-state index >= 15 is 0 Å². The number of aryl methyl sites for hydroxylation is 1. The zero-order chi connectivity index (χ0) is 18.1. The van der Waals surface area contributed by atoms with Crippen LogP contribution in [0.25, 0.3) is 11.1 Å². The van der Waals surface area contributed by atoms with E-state index in [0.29, 0.717) is 5.56 Å². The van der Waals surface area contributed by atoms with Gasteiger partial charge in [0, 0.05) is 12.1 Å². The van der Waals surface area contributed by atoms with E-state index in [1.165, 1.54) is 23.8 Å². The van der Waals surface area contributed by atoms with Gasteiger partial charge in [-0.05, 0) is 67.1 Å². The quantitative estimate of drug-likeness (QED) is 0.844. The fraction of sp³-hybridized carbons (Fsp3) is 0.381. The topological polar surface area (TPSA) is 58.6 Å². The Morgan fingerprint density at radius 2 is 1.80 bits per heavy atom. The van der Waals surface area contributed by atoms with Crippen molar-refractivity contribution in [2.24, 2.45) is 0 Å². The molecule has 1 atom stereocenters. The second-order valence-electron chi connectivity index (χ2n) is 6.71. The lowest BCUT2D eigenvalue weighted by Crippen LogP contribution is -2.27. The second kappa shape index (κ2) is 6.98. The molecule has 0 amide bonds. The molecule has 0 saturated heterocycles. The summed E-state index contributed by atoms with van der Waals surface area (Å²) in [6, 6.07) is 8.20. The molecule has 2 aromatic rings. The molecular weight excluding hydrogens is 314 g/mol. The molecule has 0 spiro atoms. The molecule has 0 bridgehead atoms. The second-order valence-corrected chi connectivity index (χ2v) is 6.71. The molecule has 1 aliphatic rings. The Bertz CT molecular complexity index is 809. The summed E-state index contributed by atoms with van der Waals surface area (Å²) in [5.74, 6) is -0.621. The molecule has 3 rings (SSSR count). The van der Waals surface area contributed by atoms with Gasteiger partial charge in [-0.3, -0.25) is 0 Å². The first-order chi connectivity index (χ1) is 12.0. The summed E-state index contributed by atoms with van der Waals surface area (Å²) in [4.78, 5) is 12.1. The van der Waals surface area contributed by atoms with Gasteiger partial charge < -0.3 is 15.2 Å². The zero-order valence-electron chi connectivity index (χ0n) is 15.3. The van der Waals surface area contributed by atoms with Crippen LogP contribution in [-0.2, 0) is 22.5 Å². The summed E-state index contributed by atoms with van der Waals surface area (Å²) in [7, 11) is 1.31. The van der Waals surface area contributed by atoms with Crippen molar-refractivity contribution in [2.75, 3.05) is 13.7 Å². The molecule has 0 aromatic heterocycles. The maximum atomic E-state index is 12.1. The molecule has 1 unspecified atom stereocenters. The fourth-order valence-electron chi connectivity index (χ4n) is 3.82. The van der Waals surface area contributed by atoms with Crippen molar-refractivity contribution < 1.29 is 14.6 Å². The molecule has 132 valence electrons. The van der Waals surface area contributed by atoms with Crippen LogP contribution < -0.4 is 5.32 Å². The van der Waals surface area contributed by atoms with Crippen LogP contribution in [0.4, 0.5) is 0 Å².